The van der Waals surface area contributed by atoms with Crippen molar-refractivity contribution in [3.63, 3.8) is 0 Å². The number of ether oxygens (including phenoxy) is 2. The summed E-state index contributed by atoms with van der Waals surface area (Å²) in [6.07, 6.45) is 0. The van der Waals surface area contributed by atoms with Crippen LogP contribution in [0.2, 0.25) is 5.02 Å². The van der Waals surface area contributed by atoms with Crippen LogP contribution in [0, 0.1) is 10.1 Å². The molecule has 2 aliphatic heterocycles. The van der Waals surface area contributed by atoms with E-state index in [0.717, 1.165) is 17.0 Å². The van der Waals surface area contributed by atoms with E-state index in [4.69, 9.17) is 21.1 Å². The van der Waals surface area contributed by atoms with E-state index in [0.29, 0.717) is 27.8 Å². The van der Waals surface area contributed by atoms with Crippen molar-refractivity contribution in [2.24, 2.45) is 0 Å². The Morgan fingerprint density at radius 1 is 0.833 bits per heavy atom. The van der Waals surface area contributed by atoms with E-state index in [2.05, 4.69) is 0 Å². The standard InChI is InChI=1S/C25H18ClN3O7/c1-35-16-8-10-20(36-2)19(12-16)21-22(25(32)27(21)14-5-3-13(26)4-6-14)28-23(30)17-9-7-15(29(33)34)11-18(17)24(28)31/h3-12,21-22H,1-2H3. The predicted octanol–water partition coefficient (Wildman–Crippen LogP) is 4.02. The first-order valence-electron chi connectivity index (χ1n) is 10.7. The third-order valence-electron chi connectivity index (χ3n) is 6.32. The number of halogens is 1. The number of fused-ring (bicyclic) bond motifs is 1. The van der Waals surface area contributed by atoms with Crippen LogP contribution in [0.5, 0.6) is 11.5 Å². The topological polar surface area (TPSA) is 119 Å². The van der Waals surface area contributed by atoms with Crippen molar-refractivity contribution >= 4 is 40.7 Å². The largest absolute Gasteiger partial charge is 0.497 e. The number of carbonyl (C=O) groups is 3. The summed E-state index contributed by atoms with van der Waals surface area (Å²) in [6, 6.07) is 13.0. The number of imide groups is 1. The van der Waals surface area contributed by atoms with Crippen molar-refractivity contribution in [1.29, 1.82) is 0 Å². The molecule has 0 saturated carbocycles. The van der Waals surface area contributed by atoms with Crippen molar-refractivity contribution in [3.05, 3.63) is 92.5 Å². The number of nitro groups is 1. The highest BCUT2D eigenvalue weighted by Crippen LogP contribution is 2.47. The number of anilines is 1. The Morgan fingerprint density at radius 3 is 2.17 bits per heavy atom. The molecule has 2 aliphatic rings. The summed E-state index contributed by atoms with van der Waals surface area (Å²) in [4.78, 5) is 53.1. The normalized spacial score (nSPS) is 18.7. The summed E-state index contributed by atoms with van der Waals surface area (Å²) in [5.74, 6) is -1.08. The molecule has 11 heteroatoms. The van der Waals surface area contributed by atoms with Crippen LogP contribution in [0.25, 0.3) is 0 Å². The van der Waals surface area contributed by atoms with E-state index in [1.165, 1.54) is 25.2 Å². The Hall–Kier alpha value is -4.44. The number of carbonyl (C=O) groups excluding carboxylic acids is 3. The first-order valence-corrected chi connectivity index (χ1v) is 11.1. The zero-order valence-corrected chi connectivity index (χ0v) is 19.8. The second kappa shape index (κ2) is 8.65. The summed E-state index contributed by atoms with van der Waals surface area (Å²) in [5, 5.41) is 11.7. The molecule has 1 saturated heterocycles. The predicted molar refractivity (Wildman–Crippen MR) is 129 cm³/mol. The van der Waals surface area contributed by atoms with Crippen molar-refractivity contribution in [2.75, 3.05) is 19.1 Å². The molecular formula is C25H18ClN3O7. The van der Waals surface area contributed by atoms with Crippen LogP contribution in [-0.2, 0) is 4.79 Å². The van der Waals surface area contributed by atoms with E-state index in [1.807, 2.05) is 0 Å². The lowest BCUT2D eigenvalue weighted by molar-refractivity contribution is -0.384. The highest BCUT2D eigenvalue weighted by molar-refractivity contribution is 6.30. The van der Waals surface area contributed by atoms with Crippen molar-refractivity contribution in [2.45, 2.75) is 12.1 Å². The van der Waals surface area contributed by atoms with Crippen LogP contribution in [0.1, 0.15) is 32.3 Å². The van der Waals surface area contributed by atoms with Crippen LogP contribution in [0.15, 0.2) is 60.7 Å². The molecule has 36 heavy (non-hydrogen) atoms. The quantitative estimate of drug-likeness (QED) is 0.214. The Morgan fingerprint density at radius 2 is 1.53 bits per heavy atom. The number of nitrogens with zero attached hydrogens (tertiary/aromatic N) is 3. The molecule has 3 aromatic carbocycles. The summed E-state index contributed by atoms with van der Waals surface area (Å²) in [7, 11) is 2.96. The average molecular weight is 508 g/mol. The average Bonchev–Trinajstić information content (AvgIpc) is 3.12. The number of nitro benzene ring substituents is 1. The van der Waals surface area contributed by atoms with Gasteiger partial charge < -0.3 is 14.4 Å². The number of non-ortho nitro benzene ring substituents is 1. The van der Waals surface area contributed by atoms with Gasteiger partial charge in [0.2, 0.25) is 0 Å². The van der Waals surface area contributed by atoms with E-state index in [-0.39, 0.29) is 16.8 Å². The van der Waals surface area contributed by atoms with Crippen LogP contribution >= 0.6 is 11.6 Å². The van der Waals surface area contributed by atoms with Gasteiger partial charge in [0.15, 0.2) is 0 Å². The summed E-state index contributed by atoms with van der Waals surface area (Å²) in [6.45, 7) is 0. The maximum Gasteiger partial charge on any atom is 0.270 e. The van der Waals surface area contributed by atoms with E-state index >= 15 is 0 Å². The first-order chi connectivity index (χ1) is 17.3. The van der Waals surface area contributed by atoms with E-state index < -0.39 is 34.7 Å². The highest BCUT2D eigenvalue weighted by Gasteiger charge is 2.58. The molecule has 2 unspecified atom stereocenters. The van der Waals surface area contributed by atoms with Gasteiger partial charge in [-0.25, -0.2) is 0 Å². The maximum atomic E-state index is 13.6. The minimum Gasteiger partial charge on any atom is -0.497 e. The van der Waals surface area contributed by atoms with Gasteiger partial charge in [-0.05, 0) is 48.5 Å². The van der Waals surface area contributed by atoms with Crippen molar-refractivity contribution in [3.8, 4) is 11.5 Å². The summed E-state index contributed by atoms with van der Waals surface area (Å²) < 4.78 is 10.9. The molecule has 2 heterocycles. The van der Waals surface area contributed by atoms with Gasteiger partial charge in [-0.1, -0.05) is 11.6 Å². The van der Waals surface area contributed by atoms with Gasteiger partial charge in [0.1, 0.15) is 17.5 Å². The molecule has 0 aliphatic carbocycles. The van der Waals surface area contributed by atoms with Gasteiger partial charge in [-0.15, -0.1) is 0 Å². The number of β-lactam (4-membered cyclic amide) rings is 1. The number of methoxy groups -OCH3 is 2. The van der Waals surface area contributed by atoms with Crippen molar-refractivity contribution < 1.29 is 28.8 Å². The van der Waals surface area contributed by atoms with Crippen LogP contribution in [-0.4, -0.2) is 47.8 Å². The van der Waals surface area contributed by atoms with Gasteiger partial charge in [-0.2, -0.15) is 0 Å². The molecule has 182 valence electrons. The lowest BCUT2D eigenvalue weighted by Crippen LogP contribution is -2.67. The molecule has 1 fully saturated rings. The third-order valence-corrected chi connectivity index (χ3v) is 6.57. The second-order valence-electron chi connectivity index (χ2n) is 8.15. The minimum atomic E-state index is -1.21. The molecule has 0 radical (unpaired) electrons. The van der Waals surface area contributed by atoms with Crippen molar-refractivity contribution in [1.82, 2.24) is 4.90 Å². The summed E-state index contributed by atoms with van der Waals surface area (Å²) in [5.41, 5.74) is 0.565. The Kier molecular flexibility index (Phi) is 5.60. The smallest absolute Gasteiger partial charge is 0.270 e. The molecule has 5 rings (SSSR count). The Balaban J connectivity index is 1.63. The molecule has 3 aromatic rings. The SMILES string of the molecule is COc1ccc(OC)c(C2C(N3C(=O)c4ccc([N+](=O)[O-])cc4C3=O)C(=O)N2c2ccc(Cl)cc2)c1. The monoisotopic (exact) mass is 507 g/mol. The number of hydrogen-bond donors (Lipinski definition) is 0. The van der Waals surface area contributed by atoms with Crippen LogP contribution in [0.3, 0.4) is 0 Å². The fraction of sp³-hybridized carbons (Fsp3) is 0.160. The first kappa shape index (κ1) is 23.3. The zero-order valence-electron chi connectivity index (χ0n) is 19.0. The van der Waals surface area contributed by atoms with Gasteiger partial charge in [0.25, 0.3) is 23.4 Å². The third kappa shape index (κ3) is 3.45. The van der Waals surface area contributed by atoms with E-state index in [1.54, 1.807) is 42.5 Å². The van der Waals surface area contributed by atoms with Crippen LogP contribution in [0.4, 0.5) is 11.4 Å². The fourth-order valence-corrected chi connectivity index (χ4v) is 4.73. The molecule has 10 nitrogen and oxygen atoms in total. The fourth-order valence-electron chi connectivity index (χ4n) is 4.61. The second-order valence-corrected chi connectivity index (χ2v) is 8.59. The lowest BCUT2D eigenvalue weighted by Gasteiger charge is -2.50. The molecule has 0 N–H and O–H groups in total. The van der Waals surface area contributed by atoms with Gasteiger partial charge in [0.05, 0.1) is 36.3 Å². The zero-order chi connectivity index (χ0) is 25.7. The van der Waals surface area contributed by atoms with Gasteiger partial charge >= 0.3 is 0 Å². The molecule has 0 spiro atoms. The summed E-state index contributed by atoms with van der Waals surface area (Å²) >= 11 is 6.03. The lowest BCUT2D eigenvalue weighted by atomic mass is 9.85. The maximum absolute atomic E-state index is 13.6. The number of rotatable bonds is 6. The number of amides is 3. The Bertz CT molecular complexity index is 1440. The number of benzene rings is 3. The van der Waals surface area contributed by atoms with E-state index in [9.17, 15) is 24.5 Å². The molecule has 2 atom stereocenters. The Labute approximate surface area is 209 Å². The van der Waals surface area contributed by atoms with Crippen LogP contribution < -0.4 is 14.4 Å². The highest BCUT2D eigenvalue weighted by atomic mass is 35.5. The number of hydrogen-bond acceptors (Lipinski definition) is 7. The molecule has 3 amide bonds. The van der Waals surface area contributed by atoms with Gasteiger partial charge in [0, 0.05) is 28.4 Å². The van der Waals surface area contributed by atoms with Gasteiger partial charge in [-0.3, -0.25) is 29.4 Å². The minimum absolute atomic E-state index is 0.000278. The molecule has 0 bridgehead atoms. The molecule has 0 aromatic heterocycles. The molecular weight excluding hydrogens is 490 g/mol.